The molecule has 1 aromatic carbocycles. The minimum absolute atomic E-state index is 0.111. The number of fused-ring (bicyclic) bond motifs is 3. The molecule has 3 aromatic rings. The van der Waals surface area contributed by atoms with E-state index >= 15 is 0 Å². The third kappa shape index (κ3) is 2.36. The van der Waals surface area contributed by atoms with Gasteiger partial charge in [0.2, 0.25) is 0 Å². The first-order chi connectivity index (χ1) is 13.5. The molecule has 28 heavy (non-hydrogen) atoms. The number of hydrogen-bond donors (Lipinski definition) is 2. The molecule has 7 heteroatoms. The number of benzene rings is 1. The Labute approximate surface area is 167 Å². The highest BCUT2D eigenvalue weighted by atomic mass is 32.1. The molecule has 4 heterocycles. The lowest BCUT2D eigenvalue weighted by Gasteiger charge is -2.33. The Morgan fingerprint density at radius 3 is 2.89 bits per heavy atom. The number of nitrogens with zero attached hydrogens (tertiary/aromatic N) is 3. The predicted molar refractivity (Wildman–Crippen MR) is 113 cm³/mol. The molecule has 1 atom stereocenters. The smallest absolute Gasteiger partial charge is 0.255 e. The van der Waals surface area contributed by atoms with E-state index in [2.05, 4.69) is 25.6 Å². The van der Waals surface area contributed by atoms with E-state index in [0.717, 1.165) is 39.2 Å². The Kier molecular flexibility index (Phi) is 3.57. The van der Waals surface area contributed by atoms with E-state index < -0.39 is 5.54 Å². The van der Waals surface area contributed by atoms with Gasteiger partial charge >= 0.3 is 0 Å². The van der Waals surface area contributed by atoms with Gasteiger partial charge in [-0.15, -0.1) is 0 Å². The maximum Gasteiger partial charge on any atom is 0.255 e. The maximum absolute atomic E-state index is 13.1. The van der Waals surface area contributed by atoms with Gasteiger partial charge in [0, 0.05) is 40.5 Å². The lowest BCUT2D eigenvalue weighted by molar-refractivity contribution is -0.121. The highest BCUT2D eigenvalue weighted by molar-refractivity contribution is 7.80. The van der Waals surface area contributed by atoms with Crippen molar-refractivity contribution in [2.75, 3.05) is 5.32 Å². The zero-order valence-corrected chi connectivity index (χ0v) is 16.2. The number of aliphatic imine (C=N–C) groups is 1. The maximum atomic E-state index is 13.1. The molecular formula is C21H17N5OS. The van der Waals surface area contributed by atoms with Gasteiger partial charge < -0.3 is 10.6 Å². The molecule has 1 unspecified atom stereocenters. The predicted octanol–water partition coefficient (Wildman–Crippen LogP) is 3.16. The minimum Gasteiger partial charge on any atom is -0.343 e. The summed E-state index contributed by atoms with van der Waals surface area (Å²) in [5.41, 5.74) is 4.96. The molecule has 0 radical (unpaired) electrons. The topological polar surface area (TPSA) is 79.3 Å². The second-order valence-electron chi connectivity index (χ2n) is 7.19. The van der Waals surface area contributed by atoms with Crippen LogP contribution in [-0.4, -0.2) is 26.7 Å². The zero-order chi connectivity index (χ0) is 19.5. The standard InChI is InChI=1S/C21H17N5OS/c1-11-5-3-7-15-17(11)25-19(27)21(15)10-16(24-20(28)26-21)14-9-13-6-4-8-22-18(13)23-12(14)2/h3-9H,10H2,1-2H3,(H,25,27)(H,26,28). The summed E-state index contributed by atoms with van der Waals surface area (Å²) in [7, 11) is 0. The van der Waals surface area contributed by atoms with Crippen molar-refractivity contribution in [2.45, 2.75) is 25.8 Å². The van der Waals surface area contributed by atoms with Crippen LogP contribution in [0.5, 0.6) is 0 Å². The molecule has 5 rings (SSSR count). The van der Waals surface area contributed by atoms with Gasteiger partial charge in [0.1, 0.15) is 0 Å². The summed E-state index contributed by atoms with van der Waals surface area (Å²) in [6.45, 7) is 3.91. The lowest BCUT2D eigenvalue weighted by Crippen LogP contribution is -2.54. The number of thiocarbonyl (C=S) groups is 1. The van der Waals surface area contributed by atoms with Crippen molar-refractivity contribution >= 4 is 45.7 Å². The van der Waals surface area contributed by atoms with E-state index in [-0.39, 0.29) is 5.91 Å². The van der Waals surface area contributed by atoms with Gasteiger partial charge in [0.15, 0.2) is 16.3 Å². The normalized spacial score (nSPS) is 20.7. The SMILES string of the molecule is Cc1cccc2c1NC(=O)C21CC(c2cc3cccnc3nc2C)=NC(=S)N1. The van der Waals surface area contributed by atoms with Gasteiger partial charge in [-0.2, -0.15) is 0 Å². The number of nitrogens with one attached hydrogen (secondary N) is 2. The zero-order valence-electron chi connectivity index (χ0n) is 15.4. The van der Waals surface area contributed by atoms with Crippen LogP contribution in [0.15, 0.2) is 47.6 Å². The molecule has 1 amide bonds. The molecule has 2 N–H and O–H groups in total. The van der Waals surface area contributed by atoms with E-state index in [1.807, 2.05) is 50.2 Å². The van der Waals surface area contributed by atoms with Crippen molar-refractivity contribution in [1.29, 1.82) is 0 Å². The van der Waals surface area contributed by atoms with Crippen molar-refractivity contribution in [3.63, 3.8) is 0 Å². The van der Waals surface area contributed by atoms with E-state index in [1.54, 1.807) is 6.20 Å². The number of para-hydroxylation sites is 1. The van der Waals surface area contributed by atoms with Gasteiger partial charge in [0.05, 0.1) is 5.71 Å². The van der Waals surface area contributed by atoms with Gasteiger partial charge in [-0.25, -0.2) is 15.0 Å². The average Bonchev–Trinajstić information content (AvgIpc) is 2.93. The number of pyridine rings is 2. The van der Waals surface area contributed by atoms with Crippen LogP contribution in [0.4, 0.5) is 5.69 Å². The van der Waals surface area contributed by atoms with Gasteiger partial charge in [0.25, 0.3) is 5.91 Å². The molecule has 1 spiro atoms. The van der Waals surface area contributed by atoms with Crippen LogP contribution in [0.25, 0.3) is 11.0 Å². The fourth-order valence-corrected chi connectivity index (χ4v) is 4.33. The Morgan fingerprint density at radius 2 is 2.04 bits per heavy atom. The van der Waals surface area contributed by atoms with Crippen molar-refractivity contribution in [1.82, 2.24) is 15.3 Å². The van der Waals surface area contributed by atoms with Gasteiger partial charge in [-0.3, -0.25) is 4.79 Å². The third-order valence-electron chi connectivity index (χ3n) is 5.44. The second-order valence-corrected chi connectivity index (χ2v) is 7.58. The molecule has 138 valence electrons. The van der Waals surface area contributed by atoms with E-state index in [0.29, 0.717) is 17.2 Å². The monoisotopic (exact) mass is 387 g/mol. The summed E-state index contributed by atoms with van der Waals surface area (Å²) in [5.74, 6) is -0.111. The Bertz CT molecular complexity index is 1220. The Balaban J connectivity index is 1.67. The molecule has 0 saturated heterocycles. The summed E-state index contributed by atoms with van der Waals surface area (Å²) in [6, 6.07) is 11.8. The summed E-state index contributed by atoms with van der Waals surface area (Å²) in [4.78, 5) is 26.6. The van der Waals surface area contributed by atoms with E-state index in [1.165, 1.54) is 0 Å². The third-order valence-corrected chi connectivity index (χ3v) is 5.63. The van der Waals surface area contributed by atoms with Crippen LogP contribution >= 0.6 is 12.2 Å². The van der Waals surface area contributed by atoms with E-state index in [9.17, 15) is 4.79 Å². The number of anilines is 1. The van der Waals surface area contributed by atoms with E-state index in [4.69, 9.17) is 12.2 Å². The number of carbonyl (C=O) groups excluding carboxylic acids is 1. The molecule has 2 aromatic heterocycles. The quantitative estimate of drug-likeness (QED) is 0.627. The fourth-order valence-electron chi connectivity index (χ4n) is 4.04. The van der Waals surface area contributed by atoms with Crippen LogP contribution in [0.3, 0.4) is 0 Å². The van der Waals surface area contributed by atoms with Crippen LogP contribution in [0, 0.1) is 13.8 Å². The molecule has 2 aliphatic heterocycles. The largest absolute Gasteiger partial charge is 0.343 e. The molecular weight excluding hydrogens is 370 g/mol. The second kappa shape index (κ2) is 5.90. The Morgan fingerprint density at radius 1 is 1.18 bits per heavy atom. The molecule has 0 saturated carbocycles. The fraction of sp³-hybridized carbons (Fsp3) is 0.190. The van der Waals surface area contributed by atoms with Crippen LogP contribution < -0.4 is 10.6 Å². The Hall–Kier alpha value is -3.19. The molecule has 0 bridgehead atoms. The van der Waals surface area contributed by atoms with Crippen LogP contribution in [0.1, 0.15) is 28.8 Å². The summed E-state index contributed by atoms with van der Waals surface area (Å²) in [5, 5.41) is 7.43. The number of aromatic nitrogens is 2. The number of amides is 1. The first-order valence-electron chi connectivity index (χ1n) is 9.02. The molecule has 0 fully saturated rings. The highest BCUT2D eigenvalue weighted by Crippen LogP contribution is 2.42. The van der Waals surface area contributed by atoms with Crippen molar-refractivity contribution in [2.24, 2.45) is 4.99 Å². The number of hydrogen-bond acceptors (Lipinski definition) is 4. The first kappa shape index (κ1) is 16.9. The minimum atomic E-state index is -0.953. The van der Waals surface area contributed by atoms with Gasteiger partial charge in [-0.05, 0) is 49.8 Å². The average molecular weight is 387 g/mol. The molecule has 6 nitrogen and oxygen atoms in total. The lowest BCUT2D eigenvalue weighted by atomic mass is 9.82. The number of rotatable bonds is 1. The molecule has 0 aliphatic carbocycles. The summed E-state index contributed by atoms with van der Waals surface area (Å²) in [6.07, 6.45) is 2.12. The number of carbonyl (C=O) groups is 1. The van der Waals surface area contributed by atoms with Crippen LogP contribution in [-0.2, 0) is 10.3 Å². The first-order valence-corrected chi connectivity index (χ1v) is 9.43. The summed E-state index contributed by atoms with van der Waals surface area (Å²) >= 11 is 5.43. The van der Waals surface area contributed by atoms with Crippen molar-refractivity contribution < 1.29 is 4.79 Å². The molecule has 2 aliphatic rings. The highest BCUT2D eigenvalue weighted by Gasteiger charge is 2.50. The summed E-state index contributed by atoms with van der Waals surface area (Å²) < 4.78 is 0. The van der Waals surface area contributed by atoms with Crippen LogP contribution in [0.2, 0.25) is 0 Å². The van der Waals surface area contributed by atoms with Crippen molar-refractivity contribution in [3.8, 4) is 0 Å². The van der Waals surface area contributed by atoms with Crippen molar-refractivity contribution in [3.05, 3.63) is 65.0 Å². The van der Waals surface area contributed by atoms with Gasteiger partial charge in [-0.1, -0.05) is 18.2 Å². The number of aryl methyl sites for hydroxylation is 2.